The lowest BCUT2D eigenvalue weighted by Crippen LogP contribution is -2.49. The Hall–Kier alpha value is -2.57. The molecule has 0 aromatic heterocycles. The van der Waals surface area contributed by atoms with Crippen LogP contribution < -0.4 is 10.6 Å². The Morgan fingerprint density at radius 2 is 1.77 bits per heavy atom. The van der Waals surface area contributed by atoms with E-state index in [-0.39, 0.29) is 24.4 Å². The summed E-state index contributed by atoms with van der Waals surface area (Å²) in [5, 5.41) is 5.52. The molecule has 0 spiro atoms. The molecule has 0 saturated heterocycles. The van der Waals surface area contributed by atoms with Gasteiger partial charge < -0.3 is 20.3 Å². The van der Waals surface area contributed by atoms with E-state index in [1.807, 2.05) is 45.0 Å². The Bertz CT molecular complexity index is 727. The van der Waals surface area contributed by atoms with Crippen molar-refractivity contribution in [2.75, 3.05) is 13.1 Å². The lowest BCUT2D eigenvalue weighted by Gasteiger charge is -2.32. The molecule has 0 heterocycles. The van der Waals surface area contributed by atoms with Crippen molar-refractivity contribution < 1.29 is 19.1 Å². The SMILES string of the molecule is CCCC(C)NC(=O)C(c1ccccc1C)N(CC)C(=O)CNC(=O)OC(C)(C)C. The molecule has 1 aromatic carbocycles. The van der Waals surface area contributed by atoms with Gasteiger partial charge in [-0.25, -0.2) is 4.79 Å². The van der Waals surface area contributed by atoms with Crippen molar-refractivity contribution in [1.82, 2.24) is 15.5 Å². The molecule has 7 nitrogen and oxygen atoms in total. The molecule has 2 N–H and O–H groups in total. The van der Waals surface area contributed by atoms with E-state index in [2.05, 4.69) is 17.6 Å². The molecule has 1 aromatic rings. The van der Waals surface area contributed by atoms with Crippen LogP contribution in [-0.4, -0.2) is 47.5 Å². The Morgan fingerprint density at radius 1 is 1.13 bits per heavy atom. The molecule has 0 saturated carbocycles. The van der Waals surface area contributed by atoms with Crippen molar-refractivity contribution in [3.63, 3.8) is 0 Å². The number of nitrogens with zero attached hydrogens (tertiary/aromatic N) is 1. The highest BCUT2D eigenvalue weighted by molar-refractivity contribution is 5.90. The maximum absolute atomic E-state index is 13.2. The maximum Gasteiger partial charge on any atom is 0.408 e. The van der Waals surface area contributed by atoms with Gasteiger partial charge in [-0.15, -0.1) is 0 Å². The molecule has 7 heteroatoms. The largest absolute Gasteiger partial charge is 0.444 e. The van der Waals surface area contributed by atoms with Gasteiger partial charge in [0.05, 0.1) is 0 Å². The summed E-state index contributed by atoms with van der Waals surface area (Å²) in [5.41, 5.74) is 1.04. The van der Waals surface area contributed by atoms with Crippen LogP contribution in [0.5, 0.6) is 0 Å². The first-order valence-electron chi connectivity index (χ1n) is 10.6. The van der Waals surface area contributed by atoms with Gasteiger partial charge in [0.2, 0.25) is 11.8 Å². The zero-order chi connectivity index (χ0) is 22.9. The van der Waals surface area contributed by atoms with E-state index in [9.17, 15) is 14.4 Å². The Kier molecular flexibility index (Phi) is 9.82. The van der Waals surface area contributed by atoms with Crippen LogP contribution in [0.4, 0.5) is 4.79 Å². The van der Waals surface area contributed by atoms with Gasteiger partial charge in [-0.05, 0) is 59.1 Å². The second-order valence-corrected chi connectivity index (χ2v) is 8.49. The van der Waals surface area contributed by atoms with E-state index in [4.69, 9.17) is 4.74 Å². The Morgan fingerprint density at radius 3 is 2.30 bits per heavy atom. The summed E-state index contributed by atoms with van der Waals surface area (Å²) in [4.78, 5) is 39.6. The van der Waals surface area contributed by atoms with Gasteiger partial charge in [0.1, 0.15) is 18.2 Å². The van der Waals surface area contributed by atoms with Gasteiger partial charge in [-0.1, -0.05) is 37.6 Å². The van der Waals surface area contributed by atoms with E-state index < -0.39 is 17.7 Å². The normalized spacial score (nSPS) is 13.2. The Balaban J connectivity index is 3.07. The Labute approximate surface area is 180 Å². The third-order valence-electron chi connectivity index (χ3n) is 4.60. The van der Waals surface area contributed by atoms with Crippen LogP contribution >= 0.6 is 0 Å². The molecule has 1 rings (SSSR count). The van der Waals surface area contributed by atoms with Crippen LogP contribution in [0.15, 0.2) is 24.3 Å². The molecule has 0 bridgehead atoms. The number of rotatable bonds is 9. The fraction of sp³-hybridized carbons (Fsp3) is 0.609. The summed E-state index contributed by atoms with van der Waals surface area (Å²) in [7, 11) is 0. The molecule has 2 atom stereocenters. The van der Waals surface area contributed by atoms with E-state index in [1.165, 1.54) is 4.90 Å². The van der Waals surface area contributed by atoms with Crippen LogP contribution in [-0.2, 0) is 14.3 Å². The van der Waals surface area contributed by atoms with Crippen LogP contribution in [0.1, 0.15) is 71.6 Å². The van der Waals surface area contributed by atoms with Gasteiger partial charge in [-0.3, -0.25) is 9.59 Å². The number of carbonyl (C=O) groups excluding carboxylic acids is 3. The highest BCUT2D eigenvalue weighted by Crippen LogP contribution is 2.25. The summed E-state index contributed by atoms with van der Waals surface area (Å²) in [6, 6.07) is 6.76. The highest BCUT2D eigenvalue weighted by Gasteiger charge is 2.32. The van der Waals surface area contributed by atoms with Crippen molar-refractivity contribution in [3.8, 4) is 0 Å². The lowest BCUT2D eigenvalue weighted by atomic mass is 9.98. The van der Waals surface area contributed by atoms with E-state index in [1.54, 1.807) is 20.8 Å². The van der Waals surface area contributed by atoms with Gasteiger partial charge in [0.25, 0.3) is 0 Å². The number of amides is 3. The number of benzene rings is 1. The van der Waals surface area contributed by atoms with Gasteiger partial charge in [0.15, 0.2) is 0 Å². The monoisotopic (exact) mass is 419 g/mol. The summed E-state index contributed by atoms with van der Waals surface area (Å²) in [6.45, 7) is 13.1. The minimum atomic E-state index is -0.775. The first-order chi connectivity index (χ1) is 14.0. The third kappa shape index (κ3) is 8.05. The molecule has 30 heavy (non-hydrogen) atoms. The average Bonchev–Trinajstić information content (AvgIpc) is 2.63. The van der Waals surface area contributed by atoms with Gasteiger partial charge in [-0.2, -0.15) is 0 Å². The molecular weight excluding hydrogens is 382 g/mol. The van der Waals surface area contributed by atoms with Crippen molar-refractivity contribution in [3.05, 3.63) is 35.4 Å². The highest BCUT2D eigenvalue weighted by atomic mass is 16.6. The quantitative estimate of drug-likeness (QED) is 0.639. The maximum atomic E-state index is 13.2. The number of alkyl carbamates (subject to hydrolysis) is 1. The number of nitrogens with one attached hydrogen (secondary N) is 2. The fourth-order valence-corrected chi connectivity index (χ4v) is 3.24. The van der Waals surface area contributed by atoms with E-state index in [0.717, 1.165) is 24.0 Å². The van der Waals surface area contributed by atoms with Crippen LogP contribution in [0.2, 0.25) is 0 Å². The van der Waals surface area contributed by atoms with Crippen LogP contribution in [0, 0.1) is 6.92 Å². The summed E-state index contributed by atoms with van der Waals surface area (Å²) in [5.74, 6) is -0.576. The fourth-order valence-electron chi connectivity index (χ4n) is 3.24. The smallest absolute Gasteiger partial charge is 0.408 e. The zero-order valence-corrected chi connectivity index (χ0v) is 19.4. The minimum Gasteiger partial charge on any atom is -0.444 e. The molecule has 2 unspecified atom stereocenters. The molecule has 0 aliphatic heterocycles. The van der Waals surface area contributed by atoms with Gasteiger partial charge in [0, 0.05) is 12.6 Å². The summed E-state index contributed by atoms with van der Waals surface area (Å²) < 4.78 is 5.19. The van der Waals surface area contributed by atoms with Crippen molar-refractivity contribution >= 4 is 17.9 Å². The number of aryl methyl sites for hydroxylation is 1. The first-order valence-corrected chi connectivity index (χ1v) is 10.6. The molecule has 0 aliphatic rings. The van der Waals surface area contributed by atoms with Crippen LogP contribution in [0.25, 0.3) is 0 Å². The third-order valence-corrected chi connectivity index (χ3v) is 4.60. The second-order valence-electron chi connectivity index (χ2n) is 8.49. The van der Waals surface area contributed by atoms with Crippen LogP contribution in [0.3, 0.4) is 0 Å². The lowest BCUT2D eigenvalue weighted by molar-refractivity contribution is -0.140. The molecule has 3 amide bonds. The molecule has 0 aliphatic carbocycles. The molecular formula is C23H37N3O4. The molecule has 0 fully saturated rings. The number of likely N-dealkylation sites (N-methyl/N-ethyl adjacent to an activating group) is 1. The molecule has 0 radical (unpaired) electrons. The predicted molar refractivity (Wildman–Crippen MR) is 118 cm³/mol. The topological polar surface area (TPSA) is 87.7 Å². The first kappa shape index (κ1) is 25.5. The number of hydrogen-bond donors (Lipinski definition) is 2. The average molecular weight is 420 g/mol. The van der Waals surface area contributed by atoms with Crippen molar-refractivity contribution in [2.24, 2.45) is 0 Å². The number of carbonyl (C=O) groups is 3. The standard InChI is InChI=1S/C23H37N3O4/c1-8-12-17(4)25-21(28)20(18-14-11-10-13-16(18)3)26(9-2)19(27)15-24-22(29)30-23(5,6)7/h10-11,13-14,17,20H,8-9,12,15H2,1-7H3,(H,24,29)(H,25,28). The van der Waals surface area contributed by atoms with Crippen molar-refractivity contribution in [2.45, 2.75) is 79.0 Å². The number of ether oxygens (including phenoxy) is 1. The van der Waals surface area contributed by atoms with E-state index >= 15 is 0 Å². The molecule has 168 valence electrons. The predicted octanol–water partition coefficient (Wildman–Crippen LogP) is 3.71. The van der Waals surface area contributed by atoms with E-state index in [0.29, 0.717) is 6.54 Å². The summed E-state index contributed by atoms with van der Waals surface area (Å²) in [6.07, 6.45) is 1.14. The van der Waals surface area contributed by atoms with Crippen molar-refractivity contribution in [1.29, 1.82) is 0 Å². The zero-order valence-electron chi connectivity index (χ0n) is 19.4. The number of hydrogen-bond acceptors (Lipinski definition) is 4. The second kappa shape index (κ2) is 11.6. The summed E-state index contributed by atoms with van der Waals surface area (Å²) >= 11 is 0. The van der Waals surface area contributed by atoms with Gasteiger partial charge >= 0.3 is 6.09 Å². The minimum absolute atomic E-state index is 0.00251.